The summed E-state index contributed by atoms with van der Waals surface area (Å²) in [6.07, 6.45) is 0. The normalized spacial score (nSPS) is 22.0. The Labute approximate surface area is 70.0 Å². The van der Waals surface area contributed by atoms with Gasteiger partial charge in [0.2, 0.25) is 0 Å². The molecule has 3 heteroatoms. The summed E-state index contributed by atoms with van der Waals surface area (Å²) in [5, 5.41) is 0. The van der Waals surface area contributed by atoms with Crippen LogP contribution in [0.2, 0.25) is 0 Å². The van der Waals surface area contributed by atoms with E-state index < -0.39 is 0 Å². The molecule has 1 rings (SSSR count). The second-order valence-corrected chi connectivity index (χ2v) is 3.72. The summed E-state index contributed by atoms with van der Waals surface area (Å²) in [5.74, 6) is 0.807. The van der Waals surface area contributed by atoms with Crippen molar-refractivity contribution in [2.75, 3.05) is 26.3 Å². The lowest BCUT2D eigenvalue weighted by Crippen LogP contribution is -2.42. The van der Waals surface area contributed by atoms with E-state index in [1.165, 1.54) is 13.1 Å². The zero-order valence-corrected chi connectivity index (χ0v) is 7.80. The van der Waals surface area contributed by atoms with Gasteiger partial charge >= 0.3 is 0 Å². The summed E-state index contributed by atoms with van der Waals surface area (Å²) in [7, 11) is 0. The molecule has 0 amide bonds. The molecule has 0 spiro atoms. The topological polar surface area (TPSA) is 12.5 Å². The molecule has 0 aromatic heterocycles. The lowest BCUT2D eigenvalue weighted by atomic mass is 10.1. The highest BCUT2D eigenvalue weighted by Crippen LogP contribution is 2.19. The fourth-order valence-electron chi connectivity index (χ4n) is 0.897. The first kappa shape index (κ1) is 7.75. The first-order valence-electron chi connectivity index (χ1n) is 3.31. The van der Waals surface area contributed by atoms with Crippen molar-refractivity contribution in [1.29, 1.82) is 0 Å². The van der Waals surface area contributed by atoms with Crippen molar-refractivity contribution in [3.8, 4) is 0 Å². The van der Waals surface area contributed by atoms with E-state index in [1.54, 1.807) is 0 Å². The second kappa shape index (κ2) is 3.73. The van der Waals surface area contributed by atoms with Gasteiger partial charge < -0.3 is 4.74 Å². The Morgan fingerprint density at radius 3 is 2.78 bits per heavy atom. The largest absolute Gasteiger partial charge is 0.381 e. The van der Waals surface area contributed by atoms with E-state index in [4.69, 9.17) is 4.74 Å². The maximum absolute atomic E-state index is 5.26. The third-order valence-corrected chi connectivity index (χ3v) is 2.26. The van der Waals surface area contributed by atoms with Crippen LogP contribution in [0.3, 0.4) is 0 Å². The first-order valence-corrected chi connectivity index (χ1v) is 4.28. The summed E-state index contributed by atoms with van der Waals surface area (Å²) in [6, 6.07) is 0. The Morgan fingerprint density at radius 1 is 1.67 bits per heavy atom. The minimum absolute atomic E-state index is 0.807. The van der Waals surface area contributed by atoms with Crippen LogP contribution in [-0.2, 0) is 4.74 Å². The van der Waals surface area contributed by atoms with E-state index in [9.17, 15) is 0 Å². The van der Waals surface area contributed by atoms with Crippen molar-refractivity contribution in [2.24, 2.45) is 5.92 Å². The van der Waals surface area contributed by atoms with Crippen LogP contribution in [-0.4, -0.2) is 29.4 Å². The Bertz CT molecular complexity index is 83.1. The van der Waals surface area contributed by atoms with Crippen LogP contribution in [0.5, 0.6) is 0 Å². The van der Waals surface area contributed by atoms with Gasteiger partial charge in [0.25, 0.3) is 0 Å². The van der Waals surface area contributed by atoms with Gasteiger partial charge in [0.1, 0.15) is 0 Å². The monoisotopic (exact) mass is 241 g/mol. The second-order valence-electron chi connectivity index (χ2n) is 2.35. The van der Waals surface area contributed by atoms with Gasteiger partial charge in [-0.15, -0.1) is 0 Å². The average molecular weight is 241 g/mol. The molecular weight excluding hydrogens is 229 g/mol. The molecule has 0 aliphatic carbocycles. The van der Waals surface area contributed by atoms with Crippen LogP contribution in [0.1, 0.15) is 6.92 Å². The van der Waals surface area contributed by atoms with Gasteiger partial charge in [0, 0.05) is 48.5 Å². The molecule has 2 nitrogen and oxygen atoms in total. The van der Waals surface area contributed by atoms with E-state index in [2.05, 4.69) is 26.0 Å². The van der Waals surface area contributed by atoms with Crippen LogP contribution in [0.25, 0.3) is 0 Å². The number of halogens is 1. The number of hydrogen-bond donors (Lipinski definition) is 0. The van der Waals surface area contributed by atoms with Crippen molar-refractivity contribution >= 4 is 22.9 Å². The first-order chi connectivity index (χ1) is 4.33. The fourth-order valence-corrected chi connectivity index (χ4v) is 2.01. The molecule has 0 unspecified atom stereocenters. The van der Waals surface area contributed by atoms with E-state index in [0.29, 0.717) is 0 Å². The van der Waals surface area contributed by atoms with E-state index in [0.717, 1.165) is 19.1 Å². The van der Waals surface area contributed by atoms with E-state index in [1.807, 2.05) is 6.92 Å². The summed E-state index contributed by atoms with van der Waals surface area (Å²) in [5.41, 5.74) is 0. The van der Waals surface area contributed by atoms with Gasteiger partial charge in [0.05, 0.1) is 6.61 Å². The van der Waals surface area contributed by atoms with Crippen molar-refractivity contribution in [2.45, 2.75) is 6.92 Å². The maximum atomic E-state index is 5.26. The summed E-state index contributed by atoms with van der Waals surface area (Å²) in [4.78, 5) is 0. The Hall–Kier alpha value is 0.650. The molecule has 0 aromatic carbocycles. The fraction of sp³-hybridized carbons (Fsp3) is 1.00. The molecular formula is C6H12INO. The molecule has 1 heterocycles. The molecule has 0 atom stereocenters. The third-order valence-electron chi connectivity index (χ3n) is 1.47. The molecule has 0 saturated carbocycles. The molecule has 0 N–H and O–H groups in total. The molecule has 1 aliphatic rings. The van der Waals surface area contributed by atoms with Crippen molar-refractivity contribution in [3.63, 3.8) is 0 Å². The maximum Gasteiger partial charge on any atom is 0.0519 e. The Kier molecular flexibility index (Phi) is 3.21. The lowest BCUT2D eigenvalue weighted by Gasteiger charge is -2.33. The van der Waals surface area contributed by atoms with Gasteiger partial charge in [-0.1, -0.05) is 0 Å². The van der Waals surface area contributed by atoms with Crippen LogP contribution < -0.4 is 0 Å². The highest BCUT2D eigenvalue weighted by molar-refractivity contribution is 14.1. The van der Waals surface area contributed by atoms with E-state index >= 15 is 0 Å². The predicted octanol–water partition coefficient (Wildman–Crippen LogP) is 1.30. The minimum atomic E-state index is 0.807. The smallest absolute Gasteiger partial charge is 0.0519 e. The molecule has 54 valence electrons. The zero-order valence-electron chi connectivity index (χ0n) is 5.64. The Morgan fingerprint density at radius 2 is 2.33 bits per heavy atom. The molecule has 1 fully saturated rings. The lowest BCUT2D eigenvalue weighted by molar-refractivity contribution is 0.0675. The quantitative estimate of drug-likeness (QED) is 0.545. The molecule has 0 aromatic rings. The van der Waals surface area contributed by atoms with Crippen LogP contribution >= 0.6 is 22.9 Å². The standard InChI is InChI=1S/C6H12INO/c1-2-9-5-6-3-8(7)4-6/h6H,2-5H2,1H3. The van der Waals surface area contributed by atoms with Crippen LogP contribution in [0.4, 0.5) is 0 Å². The molecule has 0 bridgehead atoms. The van der Waals surface area contributed by atoms with Crippen molar-refractivity contribution < 1.29 is 4.74 Å². The van der Waals surface area contributed by atoms with Crippen LogP contribution in [0.15, 0.2) is 0 Å². The molecule has 1 saturated heterocycles. The van der Waals surface area contributed by atoms with Gasteiger partial charge in [-0.2, -0.15) is 0 Å². The number of nitrogens with zero attached hydrogens (tertiary/aromatic N) is 1. The Balaban J connectivity index is 1.91. The number of ether oxygens (including phenoxy) is 1. The summed E-state index contributed by atoms with van der Waals surface area (Å²) < 4.78 is 7.53. The summed E-state index contributed by atoms with van der Waals surface area (Å²) in [6.45, 7) is 6.27. The van der Waals surface area contributed by atoms with Crippen molar-refractivity contribution in [1.82, 2.24) is 3.11 Å². The highest BCUT2D eigenvalue weighted by atomic mass is 127. The predicted molar refractivity (Wildman–Crippen MR) is 45.6 cm³/mol. The zero-order chi connectivity index (χ0) is 6.69. The average Bonchev–Trinajstić information content (AvgIpc) is 1.78. The third kappa shape index (κ3) is 2.39. The van der Waals surface area contributed by atoms with Gasteiger partial charge in [0.15, 0.2) is 0 Å². The van der Waals surface area contributed by atoms with E-state index in [-0.39, 0.29) is 0 Å². The summed E-state index contributed by atoms with van der Waals surface area (Å²) >= 11 is 2.34. The SMILES string of the molecule is CCOCC1CN(I)C1. The van der Waals surface area contributed by atoms with Crippen molar-refractivity contribution in [3.05, 3.63) is 0 Å². The highest BCUT2D eigenvalue weighted by Gasteiger charge is 2.23. The number of rotatable bonds is 3. The van der Waals surface area contributed by atoms with Gasteiger partial charge in [-0.3, -0.25) is 0 Å². The van der Waals surface area contributed by atoms with Crippen LogP contribution in [0, 0.1) is 5.92 Å². The van der Waals surface area contributed by atoms with Gasteiger partial charge in [-0.05, 0) is 6.92 Å². The number of hydrogen-bond acceptors (Lipinski definition) is 2. The molecule has 0 radical (unpaired) electrons. The van der Waals surface area contributed by atoms with Gasteiger partial charge in [-0.25, -0.2) is 3.11 Å². The molecule has 1 aliphatic heterocycles. The molecule has 9 heavy (non-hydrogen) atoms. The minimum Gasteiger partial charge on any atom is -0.381 e.